The molecule has 0 bridgehead atoms. The fraction of sp³-hybridized carbons (Fsp3) is 0.308. The molecule has 1 aliphatic rings. The van der Waals surface area contributed by atoms with Gasteiger partial charge in [0.25, 0.3) is 0 Å². The van der Waals surface area contributed by atoms with Crippen molar-refractivity contribution < 1.29 is 0 Å². The number of anilines is 1. The van der Waals surface area contributed by atoms with Crippen LogP contribution in [-0.2, 0) is 13.0 Å². The summed E-state index contributed by atoms with van der Waals surface area (Å²) in [6.07, 6.45) is 4.05. The molecule has 1 aliphatic heterocycles. The Labute approximate surface area is 95.1 Å². The van der Waals surface area contributed by atoms with Crippen LogP contribution in [-0.4, -0.2) is 16.1 Å². The highest BCUT2D eigenvalue weighted by molar-refractivity contribution is 5.37. The van der Waals surface area contributed by atoms with Crippen LogP contribution in [0.5, 0.6) is 0 Å². The van der Waals surface area contributed by atoms with Crippen LogP contribution in [0.1, 0.15) is 17.8 Å². The second kappa shape index (κ2) is 4.00. The first kappa shape index (κ1) is 9.46. The van der Waals surface area contributed by atoms with E-state index in [-0.39, 0.29) is 0 Å². The summed E-state index contributed by atoms with van der Waals surface area (Å²) in [6, 6.07) is 10.5. The van der Waals surface area contributed by atoms with Gasteiger partial charge in [0.2, 0.25) is 0 Å². The van der Waals surface area contributed by atoms with E-state index in [0.717, 1.165) is 31.2 Å². The van der Waals surface area contributed by atoms with E-state index in [2.05, 4.69) is 39.1 Å². The molecule has 1 aromatic carbocycles. The molecule has 0 atom stereocenters. The highest BCUT2D eigenvalue weighted by atomic mass is 15.2. The molecule has 0 unspecified atom stereocenters. The molecule has 0 radical (unpaired) electrons. The van der Waals surface area contributed by atoms with Gasteiger partial charge >= 0.3 is 0 Å². The molecule has 16 heavy (non-hydrogen) atoms. The van der Waals surface area contributed by atoms with Crippen LogP contribution in [0, 0.1) is 0 Å². The first-order valence-corrected chi connectivity index (χ1v) is 5.76. The summed E-state index contributed by atoms with van der Waals surface area (Å²) in [7, 11) is 0. The fourth-order valence-corrected chi connectivity index (χ4v) is 2.18. The zero-order valence-electron chi connectivity index (χ0n) is 9.19. The fourth-order valence-electron chi connectivity index (χ4n) is 2.18. The maximum Gasteiger partial charge on any atom is 0.126 e. The van der Waals surface area contributed by atoms with Gasteiger partial charge in [-0.2, -0.15) is 0 Å². The molecular weight excluding hydrogens is 198 g/mol. The standard InChI is InChI=1S/C13H15N3/c1-2-5-11(6-3-1)9-12-15-10-13-14-7-4-8-16(12)13/h1-3,5-6,10,14H,4,7-9H2. The summed E-state index contributed by atoms with van der Waals surface area (Å²) >= 11 is 0. The minimum atomic E-state index is 0.919. The third kappa shape index (κ3) is 1.69. The average molecular weight is 213 g/mol. The predicted molar refractivity (Wildman–Crippen MR) is 64.6 cm³/mol. The van der Waals surface area contributed by atoms with Crippen molar-refractivity contribution in [2.75, 3.05) is 11.9 Å². The molecule has 0 amide bonds. The molecule has 2 heterocycles. The van der Waals surface area contributed by atoms with Crippen LogP contribution >= 0.6 is 0 Å². The third-order valence-electron chi connectivity index (χ3n) is 3.01. The second-order valence-corrected chi connectivity index (χ2v) is 4.15. The van der Waals surface area contributed by atoms with Gasteiger partial charge in [0.15, 0.2) is 0 Å². The predicted octanol–water partition coefficient (Wildman–Crippen LogP) is 2.29. The lowest BCUT2D eigenvalue weighted by Gasteiger charge is -2.18. The van der Waals surface area contributed by atoms with Crippen LogP contribution in [0.15, 0.2) is 36.5 Å². The van der Waals surface area contributed by atoms with Gasteiger partial charge in [0.05, 0.1) is 6.20 Å². The zero-order valence-corrected chi connectivity index (χ0v) is 9.19. The summed E-state index contributed by atoms with van der Waals surface area (Å²) in [4.78, 5) is 4.49. The van der Waals surface area contributed by atoms with Crippen LogP contribution in [0.3, 0.4) is 0 Å². The van der Waals surface area contributed by atoms with Gasteiger partial charge in [-0.05, 0) is 12.0 Å². The number of fused-ring (bicyclic) bond motifs is 1. The van der Waals surface area contributed by atoms with Crippen LogP contribution < -0.4 is 5.32 Å². The summed E-state index contributed by atoms with van der Waals surface area (Å²) < 4.78 is 2.29. The van der Waals surface area contributed by atoms with Crippen molar-refractivity contribution in [1.82, 2.24) is 9.55 Å². The SMILES string of the molecule is c1ccc(Cc2ncc3n2CCCN3)cc1. The minimum Gasteiger partial charge on any atom is -0.370 e. The van der Waals surface area contributed by atoms with Crippen molar-refractivity contribution in [3.8, 4) is 0 Å². The van der Waals surface area contributed by atoms with Gasteiger partial charge in [0.1, 0.15) is 11.6 Å². The highest BCUT2D eigenvalue weighted by Gasteiger charge is 2.13. The van der Waals surface area contributed by atoms with Crippen molar-refractivity contribution in [2.45, 2.75) is 19.4 Å². The highest BCUT2D eigenvalue weighted by Crippen LogP contribution is 2.18. The maximum atomic E-state index is 4.49. The average Bonchev–Trinajstić information content (AvgIpc) is 2.74. The number of benzene rings is 1. The van der Waals surface area contributed by atoms with Crippen molar-refractivity contribution in [1.29, 1.82) is 0 Å². The molecule has 3 rings (SSSR count). The molecule has 0 fully saturated rings. The Morgan fingerprint density at radius 2 is 2.12 bits per heavy atom. The molecule has 3 nitrogen and oxygen atoms in total. The Hall–Kier alpha value is -1.77. The van der Waals surface area contributed by atoms with Gasteiger partial charge in [-0.1, -0.05) is 30.3 Å². The lowest BCUT2D eigenvalue weighted by molar-refractivity contribution is 0.606. The number of aromatic nitrogens is 2. The molecule has 0 saturated carbocycles. The largest absolute Gasteiger partial charge is 0.370 e. The Bertz CT molecular complexity index is 473. The molecule has 1 N–H and O–H groups in total. The summed E-state index contributed by atoms with van der Waals surface area (Å²) in [5.74, 6) is 2.32. The Balaban J connectivity index is 1.88. The van der Waals surface area contributed by atoms with E-state index >= 15 is 0 Å². The molecule has 0 spiro atoms. The molecule has 3 heteroatoms. The van der Waals surface area contributed by atoms with E-state index in [9.17, 15) is 0 Å². The first-order chi connectivity index (χ1) is 7.93. The number of hydrogen-bond donors (Lipinski definition) is 1. The quantitative estimate of drug-likeness (QED) is 0.829. The van der Waals surface area contributed by atoms with Gasteiger partial charge in [-0.3, -0.25) is 0 Å². The van der Waals surface area contributed by atoms with Crippen LogP contribution in [0.25, 0.3) is 0 Å². The minimum absolute atomic E-state index is 0.919. The van der Waals surface area contributed by atoms with E-state index in [1.807, 2.05) is 12.3 Å². The van der Waals surface area contributed by atoms with Crippen molar-refractivity contribution in [2.24, 2.45) is 0 Å². The summed E-state index contributed by atoms with van der Waals surface area (Å²) in [5.41, 5.74) is 1.32. The monoisotopic (exact) mass is 213 g/mol. The van der Waals surface area contributed by atoms with Crippen molar-refractivity contribution in [3.05, 3.63) is 47.9 Å². The third-order valence-corrected chi connectivity index (χ3v) is 3.01. The summed E-state index contributed by atoms with van der Waals surface area (Å²) in [6.45, 7) is 2.15. The number of hydrogen-bond acceptors (Lipinski definition) is 2. The van der Waals surface area contributed by atoms with E-state index in [4.69, 9.17) is 0 Å². The topological polar surface area (TPSA) is 29.9 Å². The number of nitrogens with zero attached hydrogens (tertiary/aromatic N) is 2. The lowest BCUT2D eigenvalue weighted by Crippen LogP contribution is -2.18. The molecule has 1 aromatic heterocycles. The molecule has 0 aliphatic carbocycles. The number of rotatable bonds is 2. The summed E-state index contributed by atoms with van der Waals surface area (Å²) in [5, 5.41) is 3.37. The normalized spacial score (nSPS) is 14.2. The lowest BCUT2D eigenvalue weighted by atomic mass is 10.1. The van der Waals surface area contributed by atoms with Gasteiger partial charge < -0.3 is 9.88 Å². The Morgan fingerprint density at radius 3 is 3.00 bits per heavy atom. The Morgan fingerprint density at radius 1 is 1.25 bits per heavy atom. The first-order valence-electron chi connectivity index (χ1n) is 5.76. The van der Waals surface area contributed by atoms with E-state index in [0.29, 0.717) is 0 Å². The molecular formula is C13H15N3. The number of imidazole rings is 1. The zero-order chi connectivity index (χ0) is 10.8. The molecule has 82 valence electrons. The van der Waals surface area contributed by atoms with Gasteiger partial charge in [-0.15, -0.1) is 0 Å². The van der Waals surface area contributed by atoms with E-state index < -0.39 is 0 Å². The smallest absolute Gasteiger partial charge is 0.126 e. The van der Waals surface area contributed by atoms with Crippen LogP contribution in [0.4, 0.5) is 5.82 Å². The van der Waals surface area contributed by atoms with E-state index in [1.165, 1.54) is 12.0 Å². The number of nitrogens with one attached hydrogen (secondary N) is 1. The second-order valence-electron chi connectivity index (χ2n) is 4.15. The Kier molecular flexibility index (Phi) is 2.37. The van der Waals surface area contributed by atoms with Crippen molar-refractivity contribution in [3.63, 3.8) is 0 Å². The maximum absolute atomic E-state index is 4.49. The molecule has 0 saturated heterocycles. The molecule has 2 aromatic rings. The van der Waals surface area contributed by atoms with Crippen LogP contribution in [0.2, 0.25) is 0 Å². The van der Waals surface area contributed by atoms with Crippen molar-refractivity contribution >= 4 is 5.82 Å². The van der Waals surface area contributed by atoms with E-state index in [1.54, 1.807) is 0 Å². The van der Waals surface area contributed by atoms with Gasteiger partial charge in [-0.25, -0.2) is 4.98 Å². The van der Waals surface area contributed by atoms with Gasteiger partial charge in [0, 0.05) is 19.5 Å².